The number of aromatic nitrogens is 2. The lowest BCUT2D eigenvalue weighted by atomic mass is 10.1. The smallest absolute Gasteiger partial charge is 0.259 e. The lowest BCUT2D eigenvalue weighted by molar-refractivity contribution is 0.0745. The zero-order chi connectivity index (χ0) is 19.7. The Morgan fingerprint density at radius 3 is 2.63 bits per heavy atom. The Hall–Kier alpha value is -2.28. The van der Waals surface area contributed by atoms with Crippen LogP contribution in [0.25, 0.3) is 10.9 Å². The summed E-state index contributed by atoms with van der Waals surface area (Å²) < 4.78 is 0. The lowest BCUT2D eigenvalue weighted by Gasteiger charge is -2.22. The van der Waals surface area contributed by atoms with Crippen LogP contribution in [0, 0.1) is 0 Å². The third-order valence-corrected chi connectivity index (χ3v) is 5.11. The van der Waals surface area contributed by atoms with Gasteiger partial charge in [-0.25, -0.2) is 4.98 Å². The molecular formula is C18H14Cl3N3O3. The molecule has 140 valence electrons. The second-order valence-corrected chi connectivity index (χ2v) is 6.92. The Morgan fingerprint density at radius 1 is 1.22 bits per heavy atom. The predicted octanol–water partition coefficient (Wildman–Crippen LogP) is 4.25. The molecule has 0 spiro atoms. The van der Waals surface area contributed by atoms with E-state index in [2.05, 4.69) is 9.97 Å². The fourth-order valence-electron chi connectivity index (χ4n) is 2.66. The van der Waals surface area contributed by atoms with Crippen molar-refractivity contribution in [2.75, 3.05) is 6.54 Å². The van der Waals surface area contributed by atoms with Crippen molar-refractivity contribution in [1.29, 1.82) is 0 Å². The number of benzene rings is 2. The van der Waals surface area contributed by atoms with E-state index in [9.17, 15) is 14.7 Å². The van der Waals surface area contributed by atoms with Gasteiger partial charge in [-0.05, 0) is 25.1 Å². The minimum absolute atomic E-state index is 0.00924. The summed E-state index contributed by atoms with van der Waals surface area (Å²) >= 11 is 18.0. The zero-order valence-electron chi connectivity index (χ0n) is 14.1. The number of nitrogens with one attached hydrogen (secondary N) is 1. The fraction of sp³-hybridized carbons (Fsp3) is 0.167. The number of H-pyrrole nitrogens is 1. The zero-order valence-corrected chi connectivity index (χ0v) is 16.4. The van der Waals surface area contributed by atoms with Crippen LogP contribution in [0.5, 0.6) is 5.75 Å². The van der Waals surface area contributed by atoms with Gasteiger partial charge in [0.1, 0.15) is 17.1 Å². The molecule has 3 aromatic rings. The van der Waals surface area contributed by atoms with E-state index in [1.54, 1.807) is 31.2 Å². The number of halogens is 3. The first-order valence-electron chi connectivity index (χ1n) is 7.97. The van der Waals surface area contributed by atoms with Gasteiger partial charge in [0.25, 0.3) is 11.5 Å². The molecule has 0 aliphatic carbocycles. The van der Waals surface area contributed by atoms with Crippen molar-refractivity contribution in [2.24, 2.45) is 0 Å². The average molecular weight is 427 g/mol. The largest absolute Gasteiger partial charge is 0.505 e. The number of hydrogen-bond acceptors (Lipinski definition) is 4. The number of hydrogen-bond donors (Lipinski definition) is 2. The van der Waals surface area contributed by atoms with Gasteiger partial charge in [0, 0.05) is 6.54 Å². The molecule has 27 heavy (non-hydrogen) atoms. The van der Waals surface area contributed by atoms with Gasteiger partial charge in [-0.3, -0.25) is 9.59 Å². The van der Waals surface area contributed by atoms with Gasteiger partial charge in [-0.15, -0.1) is 0 Å². The second-order valence-electron chi connectivity index (χ2n) is 5.73. The summed E-state index contributed by atoms with van der Waals surface area (Å²) in [6.45, 7) is 2.03. The number of amides is 1. The predicted molar refractivity (Wildman–Crippen MR) is 106 cm³/mol. The van der Waals surface area contributed by atoms with Crippen molar-refractivity contribution in [1.82, 2.24) is 14.9 Å². The van der Waals surface area contributed by atoms with Crippen LogP contribution in [0.3, 0.4) is 0 Å². The highest BCUT2D eigenvalue weighted by Crippen LogP contribution is 2.39. The molecule has 3 rings (SSSR count). The van der Waals surface area contributed by atoms with Gasteiger partial charge in [-0.2, -0.15) is 0 Å². The van der Waals surface area contributed by atoms with E-state index in [0.717, 1.165) is 0 Å². The number of rotatable bonds is 4. The molecule has 2 N–H and O–H groups in total. The van der Waals surface area contributed by atoms with Crippen molar-refractivity contribution in [2.45, 2.75) is 13.5 Å². The van der Waals surface area contributed by atoms with E-state index in [1.807, 2.05) is 0 Å². The molecule has 1 heterocycles. The summed E-state index contributed by atoms with van der Waals surface area (Å²) in [5.41, 5.74) is 0.0244. The second kappa shape index (κ2) is 7.76. The molecule has 0 aliphatic rings. The monoisotopic (exact) mass is 425 g/mol. The number of nitrogens with zero attached hydrogens (tertiary/aromatic N) is 2. The first-order chi connectivity index (χ1) is 12.8. The third-order valence-electron chi connectivity index (χ3n) is 4.03. The molecule has 0 radical (unpaired) electrons. The van der Waals surface area contributed by atoms with E-state index < -0.39 is 11.7 Å². The highest BCUT2D eigenvalue weighted by atomic mass is 35.5. The summed E-state index contributed by atoms with van der Waals surface area (Å²) in [6.07, 6.45) is 0. The van der Waals surface area contributed by atoms with Crippen LogP contribution in [0.1, 0.15) is 23.1 Å². The SMILES string of the molecule is CCN(Cc1nc2ccccc2c(=O)[nH]1)C(=O)c1c(O)c(Cl)cc(Cl)c1Cl. The van der Waals surface area contributed by atoms with Gasteiger partial charge in [0.2, 0.25) is 0 Å². The van der Waals surface area contributed by atoms with E-state index in [4.69, 9.17) is 34.8 Å². The van der Waals surface area contributed by atoms with Crippen LogP contribution >= 0.6 is 34.8 Å². The first kappa shape index (κ1) is 19.5. The summed E-state index contributed by atoms with van der Waals surface area (Å²) in [5, 5.41) is 10.5. The van der Waals surface area contributed by atoms with Crippen molar-refractivity contribution in [3.8, 4) is 5.75 Å². The maximum atomic E-state index is 12.9. The molecule has 9 heteroatoms. The van der Waals surface area contributed by atoms with Gasteiger partial charge in [0.15, 0.2) is 0 Å². The molecule has 6 nitrogen and oxygen atoms in total. The number of phenolic OH excluding ortho intramolecular Hbond substituents is 1. The van der Waals surface area contributed by atoms with Crippen molar-refractivity contribution in [3.05, 3.63) is 67.1 Å². The Balaban J connectivity index is 1.99. The maximum absolute atomic E-state index is 12.9. The molecular weight excluding hydrogens is 413 g/mol. The molecule has 0 unspecified atom stereocenters. The lowest BCUT2D eigenvalue weighted by Crippen LogP contribution is -2.32. The van der Waals surface area contributed by atoms with Crippen molar-refractivity contribution < 1.29 is 9.90 Å². The molecule has 1 amide bonds. The number of fused-ring (bicyclic) bond motifs is 1. The molecule has 0 saturated heterocycles. The van der Waals surface area contributed by atoms with Crippen LogP contribution in [0.15, 0.2) is 35.1 Å². The molecule has 0 bridgehead atoms. The first-order valence-corrected chi connectivity index (χ1v) is 9.10. The normalized spacial score (nSPS) is 11.0. The van der Waals surface area contributed by atoms with Crippen LogP contribution < -0.4 is 5.56 Å². The Kier molecular flexibility index (Phi) is 5.60. The van der Waals surface area contributed by atoms with E-state index in [0.29, 0.717) is 16.7 Å². The van der Waals surface area contributed by atoms with Crippen molar-refractivity contribution >= 4 is 51.6 Å². The standard InChI is InChI=1S/C18H14Cl3N3O3/c1-2-24(18(27)14-15(21)10(19)7-11(20)16(14)25)8-13-22-12-6-4-3-5-9(12)17(26)23-13/h3-7,25H,2,8H2,1H3,(H,22,23,26). The molecule has 2 aromatic carbocycles. The van der Waals surface area contributed by atoms with Gasteiger partial charge < -0.3 is 15.0 Å². The molecule has 0 saturated carbocycles. The van der Waals surface area contributed by atoms with Crippen molar-refractivity contribution in [3.63, 3.8) is 0 Å². The topological polar surface area (TPSA) is 86.3 Å². The van der Waals surface area contributed by atoms with Crippen LogP contribution in [-0.4, -0.2) is 32.4 Å². The molecule has 0 fully saturated rings. The summed E-state index contributed by atoms with van der Waals surface area (Å²) in [7, 11) is 0. The number of phenols is 1. The Morgan fingerprint density at radius 2 is 1.93 bits per heavy atom. The number of carbonyl (C=O) groups excluding carboxylic acids is 1. The van der Waals surface area contributed by atoms with E-state index >= 15 is 0 Å². The number of aromatic hydroxyl groups is 1. The minimum Gasteiger partial charge on any atom is -0.505 e. The highest BCUT2D eigenvalue weighted by Gasteiger charge is 2.25. The van der Waals surface area contributed by atoms with Crippen LogP contribution in [0.2, 0.25) is 15.1 Å². The van der Waals surface area contributed by atoms with Gasteiger partial charge in [-0.1, -0.05) is 46.9 Å². The number of aromatic amines is 1. The summed E-state index contributed by atoms with van der Waals surface area (Å²) in [4.78, 5) is 33.5. The molecule has 0 atom stereocenters. The van der Waals surface area contributed by atoms with Gasteiger partial charge in [0.05, 0.1) is 32.5 Å². The van der Waals surface area contributed by atoms with Crippen LogP contribution in [0.4, 0.5) is 0 Å². The molecule has 0 aliphatic heterocycles. The van der Waals surface area contributed by atoms with Crippen LogP contribution in [-0.2, 0) is 6.54 Å². The van der Waals surface area contributed by atoms with E-state index in [-0.39, 0.29) is 39.3 Å². The maximum Gasteiger partial charge on any atom is 0.259 e. The fourth-order valence-corrected chi connectivity index (χ4v) is 3.34. The number of para-hydroxylation sites is 1. The highest BCUT2D eigenvalue weighted by molar-refractivity contribution is 6.45. The summed E-state index contributed by atoms with van der Waals surface area (Å²) in [6, 6.07) is 8.16. The Labute approximate surface area is 169 Å². The number of carbonyl (C=O) groups is 1. The quantitative estimate of drug-likeness (QED) is 0.611. The van der Waals surface area contributed by atoms with Gasteiger partial charge >= 0.3 is 0 Å². The molecule has 1 aromatic heterocycles. The van der Waals surface area contributed by atoms with E-state index in [1.165, 1.54) is 11.0 Å². The Bertz CT molecular complexity index is 1070. The average Bonchev–Trinajstić information content (AvgIpc) is 2.64. The summed E-state index contributed by atoms with van der Waals surface area (Å²) in [5.74, 6) is -0.729. The minimum atomic E-state index is -0.583. The third kappa shape index (κ3) is 3.74.